The van der Waals surface area contributed by atoms with Crippen LogP contribution in [0.5, 0.6) is 11.5 Å². The number of aromatic nitrogens is 2. The molecule has 1 heterocycles. The van der Waals surface area contributed by atoms with Gasteiger partial charge in [0.25, 0.3) is 5.56 Å². The van der Waals surface area contributed by atoms with E-state index in [1.165, 1.54) is 25.1 Å². The smallest absolute Gasteiger partial charge is 0.346 e. The van der Waals surface area contributed by atoms with Crippen molar-refractivity contribution >= 4 is 54.9 Å². The molecule has 10 heteroatoms. The lowest BCUT2D eigenvalue weighted by Gasteiger charge is -2.16. The number of hydrogen-bond acceptors (Lipinski definition) is 7. The molecule has 1 aromatic heterocycles. The number of esters is 1. The molecule has 0 unspecified atom stereocenters. The molecule has 32 heavy (non-hydrogen) atoms. The predicted molar refractivity (Wildman–Crippen MR) is 129 cm³/mol. The lowest BCUT2D eigenvalue weighted by atomic mass is 10.2. The van der Waals surface area contributed by atoms with E-state index in [1.807, 2.05) is 13.0 Å². The van der Waals surface area contributed by atoms with Gasteiger partial charge in [-0.25, -0.2) is 9.78 Å². The van der Waals surface area contributed by atoms with Crippen molar-refractivity contribution in [1.82, 2.24) is 9.66 Å². The molecule has 0 N–H and O–H groups in total. The molecule has 0 amide bonds. The number of aryl methyl sites for hydroxylation is 1. The monoisotopic (exact) mass is 565 g/mol. The lowest BCUT2D eigenvalue weighted by Crippen LogP contribution is -2.25. The summed E-state index contributed by atoms with van der Waals surface area (Å²) in [5.74, 6) is 0.791. The highest BCUT2D eigenvalue weighted by Crippen LogP contribution is 2.33. The van der Waals surface area contributed by atoms with Crippen molar-refractivity contribution in [3.63, 3.8) is 0 Å². The van der Waals surface area contributed by atoms with Gasteiger partial charge in [0.15, 0.2) is 17.6 Å². The first-order chi connectivity index (χ1) is 15.3. The van der Waals surface area contributed by atoms with E-state index in [9.17, 15) is 9.59 Å². The molecular weight excluding hydrogens is 546 g/mol. The molecule has 0 saturated carbocycles. The van der Waals surface area contributed by atoms with E-state index in [4.69, 9.17) is 14.2 Å². The number of ether oxygens (including phenoxy) is 3. The fourth-order valence-electron chi connectivity index (χ4n) is 2.97. The van der Waals surface area contributed by atoms with Crippen molar-refractivity contribution in [3.05, 3.63) is 61.0 Å². The second kappa shape index (κ2) is 10.3. The van der Waals surface area contributed by atoms with Crippen molar-refractivity contribution in [3.8, 4) is 11.5 Å². The Kier molecular flexibility index (Phi) is 7.68. The Morgan fingerprint density at radius 1 is 1.22 bits per heavy atom. The second-order valence-corrected chi connectivity index (χ2v) is 8.48. The fraction of sp³-hybridized carbons (Fsp3) is 0.273. The minimum atomic E-state index is -0.811. The quantitative estimate of drug-likeness (QED) is 0.312. The molecule has 0 aliphatic rings. The minimum Gasteiger partial charge on any atom is -0.493 e. The van der Waals surface area contributed by atoms with Gasteiger partial charge in [0.1, 0.15) is 5.82 Å². The number of hydrogen-bond donors (Lipinski definition) is 0. The number of methoxy groups -OCH3 is 2. The molecule has 0 bridgehead atoms. The Labute approximate surface area is 201 Å². The molecule has 0 fully saturated rings. The van der Waals surface area contributed by atoms with Crippen LogP contribution in [0.1, 0.15) is 25.2 Å². The van der Waals surface area contributed by atoms with Gasteiger partial charge in [-0.1, -0.05) is 22.9 Å². The van der Waals surface area contributed by atoms with Crippen molar-refractivity contribution < 1.29 is 19.0 Å². The molecule has 0 radical (unpaired) electrons. The van der Waals surface area contributed by atoms with Crippen LogP contribution in [0.2, 0.25) is 0 Å². The van der Waals surface area contributed by atoms with Crippen LogP contribution < -0.4 is 15.0 Å². The van der Waals surface area contributed by atoms with Gasteiger partial charge in [-0.3, -0.25) is 4.79 Å². The molecule has 2 aromatic carbocycles. The van der Waals surface area contributed by atoms with E-state index in [0.29, 0.717) is 44.7 Å². The third-order valence-electron chi connectivity index (χ3n) is 4.62. The van der Waals surface area contributed by atoms with Crippen molar-refractivity contribution in [2.45, 2.75) is 26.4 Å². The third-order valence-corrected chi connectivity index (χ3v) is 5.80. The van der Waals surface area contributed by atoms with E-state index < -0.39 is 12.1 Å². The molecule has 3 aromatic rings. The highest BCUT2D eigenvalue weighted by Gasteiger charge is 2.18. The van der Waals surface area contributed by atoms with Crippen LogP contribution in [0.4, 0.5) is 0 Å². The van der Waals surface area contributed by atoms with Gasteiger partial charge in [-0.2, -0.15) is 9.78 Å². The van der Waals surface area contributed by atoms with Crippen LogP contribution in [0.25, 0.3) is 10.9 Å². The van der Waals surface area contributed by atoms with Crippen LogP contribution in [-0.2, 0) is 16.0 Å². The Hall–Kier alpha value is -2.72. The first-order valence-corrected chi connectivity index (χ1v) is 11.2. The number of benzene rings is 2. The standard InChI is InChI=1S/C22H21Br2N3O5/c1-5-20-26-17-7-6-14(23)9-15(17)21(28)27(20)25-11-13-8-18(30-3)19(10-16(13)24)32-12(2)22(29)31-4/h6-12H,5H2,1-4H3/t12-/m1/s1. The Morgan fingerprint density at radius 3 is 2.62 bits per heavy atom. The van der Waals surface area contributed by atoms with Gasteiger partial charge in [-0.15, -0.1) is 0 Å². The molecule has 168 valence electrons. The van der Waals surface area contributed by atoms with E-state index >= 15 is 0 Å². The van der Waals surface area contributed by atoms with E-state index in [2.05, 4.69) is 41.9 Å². The highest BCUT2D eigenvalue weighted by atomic mass is 79.9. The lowest BCUT2D eigenvalue weighted by molar-refractivity contribution is -0.147. The maximum absolute atomic E-state index is 13.0. The summed E-state index contributed by atoms with van der Waals surface area (Å²) < 4.78 is 18.5. The molecular formula is C22H21Br2N3O5. The van der Waals surface area contributed by atoms with Crippen molar-refractivity contribution in [2.24, 2.45) is 5.10 Å². The maximum Gasteiger partial charge on any atom is 0.346 e. The number of nitrogens with zero attached hydrogens (tertiary/aromatic N) is 3. The molecule has 0 spiro atoms. The van der Waals surface area contributed by atoms with Gasteiger partial charge in [0.05, 0.1) is 31.3 Å². The zero-order chi connectivity index (χ0) is 23.4. The summed E-state index contributed by atoms with van der Waals surface area (Å²) in [6.07, 6.45) is 1.25. The zero-order valence-corrected chi connectivity index (χ0v) is 21.1. The number of carbonyl (C=O) groups excluding carboxylic acids is 1. The number of halogens is 2. The zero-order valence-electron chi connectivity index (χ0n) is 17.9. The van der Waals surface area contributed by atoms with Crippen LogP contribution >= 0.6 is 31.9 Å². The van der Waals surface area contributed by atoms with Gasteiger partial charge in [0, 0.05) is 20.9 Å². The van der Waals surface area contributed by atoms with Gasteiger partial charge in [0.2, 0.25) is 0 Å². The molecule has 0 aliphatic heterocycles. The molecule has 0 aliphatic carbocycles. The molecule has 8 nitrogen and oxygen atoms in total. The summed E-state index contributed by atoms with van der Waals surface area (Å²) >= 11 is 6.87. The Bertz CT molecular complexity index is 1260. The normalized spacial score (nSPS) is 12.2. The van der Waals surface area contributed by atoms with E-state index in [-0.39, 0.29) is 5.56 Å². The van der Waals surface area contributed by atoms with Crippen LogP contribution in [0.15, 0.2) is 49.2 Å². The SMILES string of the molecule is CCc1nc2ccc(Br)cc2c(=O)n1N=Cc1cc(OC)c(O[C@H](C)C(=O)OC)cc1Br. The molecule has 0 saturated heterocycles. The van der Waals surface area contributed by atoms with E-state index in [1.54, 1.807) is 31.2 Å². The fourth-order valence-corrected chi connectivity index (χ4v) is 3.75. The van der Waals surface area contributed by atoms with E-state index in [0.717, 1.165) is 4.47 Å². The summed E-state index contributed by atoms with van der Waals surface area (Å²) in [6, 6.07) is 8.72. The Morgan fingerprint density at radius 2 is 1.97 bits per heavy atom. The molecule has 3 rings (SSSR count). The number of fused-ring (bicyclic) bond motifs is 1. The molecule has 1 atom stereocenters. The second-order valence-electron chi connectivity index (χ2n) is 6.71. The van der Waals surface area contributed by atoms with Crippen molar-refractivity contribution in [1.29, 1.82) is 0 Å². The summed E-state index contributed by atoms with van der Waals surface area (Å²) in [5, 5.41) is 4.86. The largest absolute Gasteiger partial charge is 0.493 e. The summed E-state index contributed by atoms with van der Waals surface area (Å²) in [6.45, 7) is 3.49. The van der Waals surface area contributed by atoms with Gasteiger partial charge < -0.3 is 14.2 Å². The van der Waals surface area contributed by atoms with Gasteiger partial charge in [-0.05, 0) is 53.2 Å². The van der Waals surface area contributed by atoms with Crippen LogP contribution in [0.3, 0.4) is 0 Å². The van der Waals surface area contributed by atoms with Crippen LogP contribution in [0, 0.1) is 0 Å². The first-order valence-electron chi connectivity index (χ1n) is 9.66. The topological polar surface area (TPSA) is 92.0 Å². The maximum atomic E-state index is 13.0. The van der Waals surface area contributed by atoms with Gasteiger partial charge >= 0.3 is 5.97 Å². The predicted octanol–water partition coefficient (Wildman–Crippen LogP) is 4.32. The number of carbonyl (C=O) groups is 1. The Balaban J connectivity index is 2.02. The summed E-state index contributed by atoms with van der Waals surface area (Å²) in [5.41, 5.74) is 0.994. The average Bonchev–Trinajstić information content (AvgIpc) is 2.79. The summed E-state index contributed by atoms with van der Waals surface area (Å²) in [7, 11) is 2.78. The first kappa shape index (κ1) is 23.9. The third kappa shape index (κ3) is 5.02. The summed E-state index contributed by atoms with van der Waals surface area (Å²) in [4.78, 5) is 29.3. The average molecular weight is 567 g/mol. The number of rotatable bonds is 7. The minimum absolute atomic E-state index is 0.264. The van der Waals surface area contributed by atoms with Crippen molar-refractivity contribution in [2.75, 3.05) is 14.2 Å². The van der Waals surface area contributed by atoms with Crippen LogP contribution in [-0.4, -0.2) is 42.2 Å². The highest BCUT2D eigenvalue weighted by molar-refractivity contribution is 9.10.